The van der Waals surface area contributed by atoms with Crippen molar-refractivity contribution in [3.8, 4) is 0 Å². The average molecular weight is 1760 g/mol. The molecule has 1 unspecified atom stereocenters. The third-order valence-electron chi connectivity index (χ3n) is 9.42. The smallest absolute Gasteiger partial charge is 0.316 e. The lowest BCUT2D eigenvalue weighted by Crippen LogP contribution is -2.54. The quantitative estimate of drug-likeness (QED) is 0.0290. The number of benzene rings is 2. The van der Waals surface area contributed by atoms with Crippen molar-refractivity contribution in [2.45, 2.75) is 31.3 Å². The van der Waals surface area contributed by atoms with Crippen LogP contribution in [0.1, 0.15) is 36.7 Å². The predicted octanol–water partition coefficient (Wildman–Crippen LogP) is 21.0. The van der Waals surface area contributed by atoms with E-state index in [0.29, 0.717) is 0 Å². The van der Waals surface area contributed by atoms with Gasteiger partial charge < -0.3 is 20.1 Å². The highest BCUT2D eigenvalue weighted by Gasteiger charge is 2.58. The first-order valence-electron chi connectivity index (χ1n) is 29.3. The number of esters is 1. The lowest BCUT2D eigenvalue weighted by Gasteiger charge is -2.41. The van der Waals surface area contributed by atoms with E-state index in [4.69, 9.17) is 14.2 Å². The van der Waals surface area contributed by atoms with E-state index in [-0.39, 0.29) is 26.1 Å². The van der Waals surface area contributed by atoms with E-state index in [2.05, 4.69) is 518 Å². The number of piperidine rings is 1. The van der Waals surface area contributed by atoms with Crippen LogP contribution in [0.3, 0.4) is 0 Å². The lowest BCUT2D eigenvalue weighted by molar-refractivity contribution is -0.241. The van der Waals surface area contributed by atoms with Crippen molar-refractivity contribution in [1.82, 2.24) is 5.01 Å². The topological polar surface area (TPSA) is 1290 Å². The molecule has 638 valence electrons. The van der Waals surface area contributed by atoms with Crippen molar-refractivity contribution >= 4 is 5.97 Å². The average Bonchev–Trinajstić information content (AvgIpc) is 1.59. The molecule has 3 atom stereocenters. The van der Waals surface area contributed by atoms with Crippen LogP contribution in [-0.4, -0.2) is 36.5 Å². The van der Waals surface area contributed by atoms with Crippen LogP contribution >= 0.6 is 0 Å². The van der Waals surface area contributed by atoms with E-state index in [1.54, 1.807) is 6.92 Å². The van der Waals surface area contributed by atoms with Crippen LogP contribution in [0.2, 0.25) is 0 Å². The molecule has 126 heavy (non-hydrogen) atoms. The van der Waals surface area contributed by atoms with E-state index in [0.717, 1.165) is 11.1 Å². The van der Waals surface area contributed by atoms with Crippen LogP contribution in [0.5, 0.6) is 0 Å². The number of hydrogen-bond donors (Lipinski definition) is 1. The minimum atomic E-state index is -1.31. The molecule has 2 aromatic rings. The van der Waals surface area contributed by atoms with Gasteiger partial charge in [-0.1, -0.05) is 65.9 Å². The highest BCUT2D eigenvalue weighted by molar-refractivity contribution is 5.74. The van der Waals surface area contributed by atoms with Crippen LogP contribution in [-0.2, 0) is 19.0 Å². The maximum absolute atomic E-state index is 13.3. The zero-order valence-corrected chi connectivity index (χ0v) is 59.8. The highest BCUT2D eigenvalue weighted by atomic mass is 16.8. The maximum Gasteiger partial charge on any atom is 0.316 e. The van der Waals surface area contributed by atoms with Gasteiger partial charge in [-0.25, -0.2) is 0 Å². The van der Waals surface area contributed by atoms with Crippen molar-refractivity contribution in [3.63, 3.8) is 0 Å². The third-order valence-corrected chi connectivity index (χ3v) is 9.42. The van der Waals surface area contributed by atoms with Gasteiger partial charge in [-0.3, -0.25) is 9.80 Å². The van der Waals surface area contributed by atoms with E-state index in [1.165, 1.54) is 5.01 Å². The van der Waals surface area contributed by atoms with E-state index in [9.17, 15) is 4.79 Å². The molecule has 1 spiro atoms. The highest BCUT2D eigenvalue weighted by Crippen LogP contribution is 2.53. The Hall–Kier alpha value is -22.2. The minimum absolute atomic E-state index is 0.0352. The predicted molar refractivity (Wildman–Crippen MR) is 342 cm³/mol. The second kappa shape index (κ2) is 74.3. The Morgan fingerprint density at radius 1 is 0.270 bits per heavy atom. The minimum Gasteiger partial charge on any atom is -0.466 e. The van der Waals surface area contributed by atoms with Crippen molar-refractivity contribution in [2.75, 3.05) is 19.7 Å². The largest absolute Gasteiger partial charge is 0.466 e. The SMILES string of the molecule is CCOC(=O)C1CN(/N=N/N=N/N=N/N=N/N=N/N=N/N=N/N=N/N=N/N=N/N=N/N=N/N=N/N=N/N=N/N=N/N=N/N=N/N=N/N=N/N=N/N=N/N=N/N=N/N=N/N=N/N=N/N=N/N=N/N=N/N=N/N=N/N=N/N=N/N=N/N=N/N=N/N=N/N=N/N=N/N=N/N=N/N=N/N=N/N=N/N=N/N=N/N=N/N=N/N)CCC12O[C@@H](c1ccccc1)[C@H](c1ccccc1)O2. The van der Waals surface area contributed by atoms with E-state index < -0.39 is 29.9 Å². The summed E-state index contributed by atoms with van der Waals surface area (Å²) in [5.74, 6) is 1.91. The van der Waals surface area contributed by atoms with Crippen LogP contribution in [0.25, 0.3) is 0 Å². The third kappa shape index (κ3) is 54.5. The Bertz CT molecular complexity index is 5000. The zero-order valence-electron chi connectivity index (χ0n) is 59.8. The first-order chi connectivity index (χ1) is 62.7. The van der Waals surface area contributed by atoms with Gasteiger partial charge in [0, 0.05) is 441 Å². The van der Waals surface area contributed by atoms with Gasteiger partial charge in [0.15, 0.2) is 5.79 Å². The fourth-order valence-electron chi connectivity index (χ4n) is 5.89. The molecule has 2 fully saturated rings. The van der Waals surface area contributed by atoms with Crippen LogP contribution in [0.15, 0.2) is 573 Å². The van der Waals surface area contributed by atoms with Crippen molar-refractivity contribution in [3.05, 3.63) is 71.8 Å². The molecule has 2 saturated heterocycles. The first kappa shape index (κ1) is 96.2. The summed E-state index contributed by atoms with van der Waals surface area (Å²) in [6.07, 6.45) is -0.757. The van der Waals surface area contributed by atoms with Gasteiger partial charge >= 0.3 is 5.97 Å². The Balaban J connectivity index is 0.921. The number of hydrogen-bond acceptors (Lipinski definition) is 6. The van der Waals surface area contributed by atoms with Crippen LogP contribution in [0, 0.1) is 5.92 Å². The molecular formula is C22H26N100O4. The molecule has 2 aromatic carbocycles. The second-order valence-electron chi connectivity index (χ2n) is 16.0. The van der Waals surface area contributed by atoms with Gasteiger partial charge in [-0.15, -0.1) is 0 Å². The van der Waals surface area contributed by atoms with Gasteiger partial charge in [0.25, 0.3) is 0 Å². The standard InChI is InChI=1S/C22H26N100O4/c1-2-124-21(123)18-15-122(14-13-22(18)125-19(16-9-5-3-6-10-16)20(126-22)17-11-7-4-8-12-17)121-120-119-118-117-116-115-114-113-112-111-110-109-108-107-106-105-104-103-102-101-100-99-98-97-96-95-94-93-92-91-90-89-88-87-86-85-84-83-82-81-80-79-78-77-76-75-74-73-72-71-70-69-68-67-66-65-64-63-62-61-60-59-58-57-56-55-54-53-52-51-50-49-48-47-46-45-44-43-42-41-40-39-38-37-36-35-34-33-32-31-30-29-28-27-26-25-24-23/h3-12,18-20H,2,13-15H2,1H3,(H2,23,25,27,29,31,33,35,37,39,41,43,45,47,49,51,53,55,57,59,61,63,65,67,69,71,73,75,77,79,81,83,85,87,89,91,93,95,97,99,101,103,105,107,109,111,113,115,117,119,121)/t18?,19-,20-/m0/s1. The molecule has 0 aliphatic carbocycles. The zero-order chi connectivity index (χ0) is 88.9. The first-order valence-corrected chi connectivity index (χ1v) is 29.3. The Labute approximate surface area is 675 Å². The fourth-order valence-corrected chi connectivity index (χ4v) is 5.89. The summed E-state index contributed by atoms with van der Waals surface area (Å²) in [6.45, 7) is 2.16. The fraction of sp³-hybridized carbons (Fsp3) is 0.409. The Morgan fingerprint density at radius 3 is 0.587 bits per heavy atom. The molecule has 0 radical (unpaired) electrons. The van der Waals surface area contributed by atoms with Crippen LogP contribution < -0.4 is 5.84 Å². The molecule has 2 aliphatic heterocycles. The summed E-state index contributed by atoms with van der Waals surface area (Å²) < 4.78 is 18.7. The number of carbonyl (C=O) groups excluding carboxylic acids is 1. The number of ether oxygens (including phenoxy) is 3. The van der Waals surface area contributed by atoms with Crippen molar-refractivity contribution < 1.29 is 19.0 Å². The van der Waals surface area contributed by atoms with Gasteiger partial charge in [0.2, 0.25) is 0 Å². The van der Waals surface area contributed by atoms with Crippen LogP contribution in [0.4, 0.5) is 0 Å². The normalized spacial score (nSPS) is 18.3. The summed E-state index contributed by atoms with van der Waals surface area (Å²) in [7, 11) is 0. The van der Waals surface area contributed by atoms with Gasteiger partial charge in [-0.2, -0.15) is 0 Å². The van der Waals surface area contributed by atoms with E-state index >= 15 is 0 Å². The van der Waals surface area contributed by atoms with Crippen molar-refractivity contribution in [2.24, 2.45) is 524 Å². The second-order valence-corrected chi connectivity index (χ2v) is 16.0. The molecule has 104 nitrogen and oxygen atoms in total. The molecule has 2 heterocycles. The van der Waals surface area contributed by atoms with E-state index in [1.807, 2.05) is 60.7 Å². The summed E-state index contributed by atoms with van der Waals surface area (Å²) in [4.78, 5) is 13.3. The summed E-state index contributed by atoms with van der Waals surface area (Å²) >= 11 is 0. The van der Waals surface area contributed by atoms with Crippen molar-refractivity contribution in [1.29, 1.82) is 0 Å². The summed E-state index contributed by atoms with van der Waals surface area (Å²) in [5.41, 5.74) is 1.78. The van der Waals surface area contributed by atoms with Gasteiger partial charge in [0.1, 0.15) is 18.1 Å². The summed E-state index contributed by atoms with van der Waals surface area (Å²) in [5, 5.41) is 299. The molecule has 2 N–H and O–H groups in total. The number of rotatable bonds is 53. The molecule has 104 heteroatoms. The number of nitrogens with zero attached hydrogens (tertiary/aromatic N) is 99. The van der Waals surface area contributed by atoms with Gasteiger partial charge in [0.05, 0.1) is 13.2 Å². The molecule has 0 bridgehead atoms. The molecule has 0 saturated carbocycles. The number of nitrogens with two attached hydrogens (primary N) is 1. The number of carbonyl (C=O) groups is 1. The molecule has 0 amide bonds. The Kier molecular flexibility index (Phi) is 56.7. The monoisotopic (exact) mass is 1750 g/mol. The molecule has 4 rings (SSSR count). The summed E-state index contributed by atoms with van der Waals surface area (Å²) in [6, 6.07) is 19.2. The lowest BCUT2D eigenvalue weighted by atomic mass is 9.91. The molecule has 0 aromatic heterocycles. The van der Waals surface area contributed by atoms with Gasteiger partial charge in [-0.05, 0) is 96.4 Å². The molecular weight excluding hydrogens is 1730 g/mol. The Morgan fingerprint density at radius 2 is 0.429 bits per heavy atom. The maximum atomic E-state index is 13.3. The molecule has 2 aliphatic rings.